The van der Waals surface area contributed by atoms with Crippen LogP contribution in [0.15, 0.2) is 60.7 Å². The molecule has 2 aliphatic carbocycles. The Morgan fingerprint density at radius 1 is 1.11 bits per heavy atom. The van der Waals surface area contributed by atoms with Crippen molar-refractivity contribution in [3.8, 4) is 0 Å². The molecule has 2 aromatic carbocycles. The van der Waals surface area contributed by atoms with Crippen LogP contribution in [0, 0.1) is 16.7 Å². The van der Waals surface area contributed by atoms with E-state index in [1.807, 2.05) is 0 Å². The minimum Gasteiger partial charge on any atom is -0.292 e. The van der Waals surface area contributed by atoms with Crippen LogP contribution < -0.4 is 0 Å². The zero-order chi connectivity index (χ0) is 26.7. The average molecular weight is 505 g/mol. The first-order valence-electron chi connectivity index (χ1n) is 15.0. The molecule has 2 nitrogen and oxygen atoms in total. The van der Waals surface area contributed by atoms with Crippen molar-refractivity contribution in [3.05, 3.63) is 77.4 Å². The van der Waals surface area contributed by atoms with E-state index in [4.69, 9.17) is 4.98 Å². The summed E-state index contributed by atoms with van der Waals surface area (Å²) in [5.74, 6) is 0.898. The second-order valence-electron chi connectivity index (χ2n) is 13.1. The number of imidazole rings is 1. The molecule has 2 aliphatic rings. The Balaban J connectivity index is 1.66. The Bertz CT molecular complexity index is 1570. The fourth-order valence-electron chi connectivity index (χ4n) is 7.61. The summed E-state index contributed by atoms with van der Waals surface area (Å²) in [6.07, 6.45) is 16.1. The van der Waals surface area contributed by atoms with Gasteiger partial charge < -0.3 is 0 Å². The van der Waals surface area contributed by atoms with Crippen molar-refractivity contribution < 1.29 is 0 Å². The highest BCUT2D eigenvalue weighted by molar-refractivity contribution is 6.00. The average Bonchev–Trinajstić information content (AvgIpc) is 3.50. The molecule has 2 aromatic heterocycles. The monoisotopic (exact) mass is 504 g/mol. The van der Waals surface area contributed by atoms with E-state index in [-0.39, 0.29) is 5.41 Å². The molecule has 0 amide bonds. The number of nitrogens with zero attached hydrogens (tertiary/aromatic N) is 2. The van der Waals surface area contributed by atoms with Crippen molar-refractivity contribution in [2.24, 2.45) is 16.7 Å². The molecule has 2 unspecified atom stereocenters. The van der Waals surface area contributed by atoms with Gasteiger partial charge in [-0.25, -0.2) is 4.98 Å². The number of hydrogen-bond donors (Lipinski definition) is 0. The van der Waals surface area contributed by atoms with Crippen LogP contribution in [-0.2, 0) is 6.42 Å². The molecular formula is C36H44N2. The molecular weight excluding hydrogens is 460 g/mol. The van der Waals surface area contributed by atoms with E-state index < -0.39 is 0 Å². The van der Waals surface area contributed by atoms with Gasteiger partial charge in [-0.2, -0.15) is 0 Å². The summed E-state index contributed by atoms with van der Waals surface area (Å²) in [7, 11) is 0. The van der Waals surface area contributed by atoms with E-state index in [1.54, 1.807) is 0 Å². The first-order valence-corrected chi connectivity index (χ1v) is 15.0. The quantitative estimate of drug-likeness (QED) is 0.239. The number of benzene rings is 2. The van der Waals surface area contributed by atoms with Gasteiger partial charge in [-0.05, 0) is 90.7 Å². The Morgan fingerprint density at radius 3 is 2.61 bits per heavy atom. The van der Waals surface area contributed by atoms with Crippen LogP contribution in [0.25, 0.3) is 33.2 Å². The summed E-state index contributed by atoms with van der Waals surface area (Å²) < 4.78 is 2.50. The number of rotatable bonds is 6. The lowest BCUT2D eigenvalue weighted by Crippen LogP contribution is -2.31. The first-order chi connectivity index (χ1) is 18.3. The van der Waals surface area contributed by atoms with Gasteiger partial charge in [-0.15, -0.1) is 0 Å². The van der Waals surface area contributed by atoms with Crippen LogP contribution in [0.1, 0.15) is 103 Å². The molecule has 4 aromatic rings. The number of aromatic nitrogens is 2. The largest absolute Gasteiger partial charge is 0.292 e. The van der Waals surface area contributed by atoms with Gasteiger partial charge in [-0.1, -0.05) is 90.0 Å². The van der Waals surface area contributed by atoms with E-state index in [1.165, 1.54) is 64.4 Å². The number of pyridine rings is 1. The molecule has 0 spiro atoms. The predicted molar refractivity (Wildman–Crippen MR) is 164 cm³/mol. The minimum atomic E-state index is 0.0469. The fraction of sp³-hybridized carbons (Fsp3) is 0.472. The van der Waals surface area contributed by atoms with Gasteiger partial charge in [0.05, 0.1) is 16.6 Å². The number of hydrogen-bond acceptors (Lipinski definition) is 1. The maximum atomic E-state index is 5.42. The van der Waals surface area contributed by atoms with Crippen LogP contribution in [0.2, 0.25) is 0 Å². The third kappa shape index (κ3) is 3.94. The van der Waals surface area contributed by atoms with Crippen LogP contribution in [0.5, 0.6) is 0 Å². The lowest BCUT2D eigenvalue weighted by molar-refractivity contribution is 0.235. The summed E-state index contributed by atoms with van der Waals surface area (Å²) in [5.41, 5.74) is 11.0. The Morgan fingerprint density at radius 2 is 1.87 bits per heavy atom. The van der Waals surface area contributed by atoms with Gasteiger partial charge in [0.15, 0.2) is 0 Å². The van der Waals surface area contributed by atoms with Crippen LogP contribution in [-0.4, -0.2) is 9.38 Å². The summed E-state index contributed by atoms with van der Waals surface area (Å²) in [6.45, 7) is 14.3. The molecule has 1 fully saturated rings. The van der Waals surface area contributed by atoms with Gasteiger partial charge >= 0.3 is 0 Å². The molecule has 38 heavy (non-hydrogen) atoms. The lowest BCUT2D eigenvalue weighted by atomic mass is 9.62. The topological polar surface area (TPSA) is 17.3 Å². The number of allylic oxidation sites excluding steroid dienone is 4. The molecule has 0 radical (unpaired) electrons. The van der Waals surface area contributed by atoms with Gasteiger partial charge in [0.1, 0.15) is 5.65 Å². The van der Waals surface area contributed by atoms with E-state index in [0.717, 1.165) is 30.4 Å². The Labute approximate surface area is 228 Å². The predicted octanol–water partition coefficient (Wildman–Crippen LogP) is 10.3. The normalized spacial score (nSPS) is 21.0. The molecule has 6 rings (SSSR count). The highest BCUT2D eigenvalue weighted by Gasteiger charge is 2.40. The third-order valence-electron chi connectivity index (χ3n) is 10.2. The summed E-state index contributed by atoms with van der Waals surface area (Å²) in [4.78, 5) is 5.42. The van der Waals surface area contributed by atoms with E-state index in [2.05, 4.69) is 107 Å². The molecule has 198 valence electrons. The zero-order valence-electron chi connectivity index (χ0n) is 24.3. The third-order valence-corrected chi connectivity index (χ3v) is 10.2. The van der Waals surface area contributed by atoms with Crippen molar-refractivity contribution in [2.75, 3.05) is 0 Å². The second kappa shape index (κ2) is 9.40. The van der Waals surface area contributed by atoms with Crippen LogP contribution in [0.4, 0.5) is 0 Å². The molecule has 2 heterocycles. The van der Waals surface area contributed by atoms with Crippen molar-refractivity contribution in [3.63, 3.8) is 0 Å². The molecule has 0 bridgehead atoms. The minimum absolute atomic E-state index is 0.0469. The fourth-order valence-corrected chi connectivity index (χ4v) is 7.61. The first kappa shape index (κ1) is 25.4. The zero-order valence-corrected chi connectivity index (χ0v) is 24.3. The highest BCUT2D eigenvalue weighted by Crippen LogP contribution is 2.53. The standard InChI is InChI=1S/C36H44N2/c1-7-8-21-36(6,24(2)3)28-17-15-25(4)32-27-13-9-10-14-30(27)38-31-22-26(23-35(5)19-11-12-20-35)16-18-29(31)37-34(38)33(28)32/h8-10,13-16,18,21-22,24,28H,7,11-12,17,19-20,23H2,1-6H3. The molecule has 2 heteroatoms. The Kier molecular flexibility index (Phi) is 6.29. The lowest BCUT2D eigenvalue weighted by Gasteiger charge is -2.42. The van der Waals surface area contributed by atoms with Gasteiger partial charge in [0, 0.05) is 16.9 Å². The van der Waals surface area contributed by atoms with Crippen molar-refractivity contribution >= 4 is 33.2 Å². The summed E-state index contributed by atoms with van der Waals surface area (Å²) in [6, 6.07) is 16.1. The highest BCUT2D eigenvalue weighted by atomic mass is 15.0. The molecule has 0 aliphatic heterocycles. The SMILES string of the molecule is CCC=CC(C)(C(C)C)C1CC=C(C)c2c1c1nc3ccc(CC4(C)CCCC4)cc3n1c1ccccc21. The molecule has 1 saturated carbocycles. The smallest absolute Gasteiger partial charge is 0.142 e. The van der Waals surface area contributed by atoms with Crippen LogP contribution in [0.3, 0.4) is 0 Å². The van der Waals surface area contributed by atoms with E-state index >= 15 is 0 Å². The number of fused-ring (bicyclic) bond motifs is 8. The van der Waals surface area contributed by atoms with Gasteiger partial charge in [-0.3, -0.25) is 4.40 Å². The number of para-hydroxylation sites is 1. The molecule has 2 atom stereocenters. The maximum absolute atomic E-state index is 5.42. The van der Waals surface area contributed by atoms with Gasteiger partial charge in [0.25, 0.3) is 0 Å². The molecule has 0 N–H and O–H groups in total. The Hall–Kier alpha value is -2.87. The van der Waals surface area contributed by atoms with Gasteiger partial charge in [0.2, 0.25) is 0 Å². The summed E-state index contributed by atoms with van der Waals surface area (Å²) >= 11 is 0. The van der Waals surface area contributed by atoms with Crippen molar-refractivity contribution in [2.45, 2.75) is 92.4 Å². The second-order valence-corrected chi connectivity index (χ2v) is 13.1. The van der Waals surface area contributed by atoms with Crippen LogP contribution >= 0.6 is 0 Å². The van der Waals surface area contributed by atoms with Crippen molar-refractivity contribution in [1.82, 2.24) is 9.38 Å². The summed E-state index contributed by atoms with van der Waals surface area (Å²) in [5, 5.41) is 1.35. The molecule has 0 saturated heterocycles. The van der Waals surface area contributed by atoms with E-state index in [9.17, 15) is 0 Å². The maximum Gasteiger partial charge on any atom is 0.142 e. The van der Waals surface area contributed by atoms with Crippen molar-refractivity contribution in [1.29, 1.82) is 0 Å². The van der Waals surface area contributed by atoms with E-state index in [0.29, 0.717) is 17.3 Å².